The summed E-state index contributed by atoms with van der Waals surface area (Å²) in [4.78, 5) is 11.9. The first-order valence-electron chi connectivity index (χ1n) is 5.96. The van der Waals surface area contributed by atoms with Crippen molar-refractivity contribution in [3.63, 3.8) is 0 Å². The molecule has 2 unspecified atom stereocenters. The van der Waals surface area contributed by atoms with Gasteiger partial charge in [0.2, 0.25) is 5.91 Å². The zero-order chi connectivity index (χ0) is 13.7. The number of anilines is 1. The van der Waals surface area contributed by atoms with Gasteiger partial charge in [-0.25, -0.2) is 0 Å². The van der Waals surface area contributed by atoms with Crippen molar-refractivity contribution >= 4 is 34.8 Å². The number of hydrogen-bond donors (Lipinski definition) is 2. The molecular weight excluding hydrogens is 271 g/mol. The maximum absolute atomic E-state index is 11.9. The van der Waals surface area contributed by atoms with Crippen LogP contribution in [0.2, 0.25) is 10.0 Å². The molecule has 2 N–H and O–H groups in total. The summed E-state index contributed by atoms with van der Waals surface area (Å²) in [6, 6.07) is 5.09. The van der Waals surface area contributed by atoms with E-state index in [0.717, 1.165) is 6.42 Å². The number of carbonyl (C=O) groups excluding carboxylic acids is 1. The Morgan fingerprint density at radius 1 is 1.33 bits per heavy atom. The Kier molecular flexibility index (Phi) is 5.76. The van der Waals surface area contributed by atoms with E-state index in [9.17, 15) is 4.79 Å². The van der Waals surface area contributed by atoms with Crippen LogP contribution in [0.3, 0.4) is 0 Å². The van der Waals surface area contributed by atoms with Gasteiger partial charge in [0.15, 0.2) is 0 Å². The predicted molar refractivity (Wildman–Crippen MR) is 77.4 cm³/mol. The van der Waals surface area contributed by atoms with Crippen LogP contribution in [-0.4, -0.2) is 18.0 Å². The second kappa shape index (κ2) is 6.86. The summed E-state index contributed by atoms with van der Waals surface area (Å²) in [5, 5.41) is 6.86. The van der Waals surface area contributed by atoms with Crippen molar-refractivity contribution in [2.45, 2.75) is 39.3 Å². The molecule has 0 bridgehead atoms. The third-order valence-electron chi connectivity index (χ3n) is 2.72. The van der Waals surface area contributed by atoms with Gasteiger partial charge in [-0.3, -0.25) is 4.79 Å². The lowest BCUT2D eigenvalue weighted by molar-refractivity contribution is -0.122. The molecule has 5 heteroatoms. The van der Waals surface area contributed by atoms with E-state index in [1.165, 1.54) is 0 Å². The van der Waals surface area contributed by atoms with Gasteiger partial charge in [-0.1, -0.05) is 36.2 Å². The van der Waals surface area contributed by atoms with Crippen LogP contribution in [0.15, 0.2) is 18.2 Å². The molecule has 0 saturated heterocycles. The molecule has 100 valence electrons. The maximum Gasteiger partial charge on any atom is 0.242 e. The highest BCUT2D eigenvalue weighted by molar-refractivity contribution is 6.43. The van der Waals surface area contributed by atoms with Crippen molar-refractivity contribution in [1.29, 1.82) is 0 Å². The lowest BCUT2D eigenvalue weighted by Gasteiger charge is -2.19. The highest BCUT2D eigenvalue weighted by Gasteiger charge is 2.15. The highest BCUT2D eigenvalue weighted by Crippen LogP contribution is 2.29. The lowest BCUT2D eigenvalue weighted by atomic mass is 10.2. The van der Waals surface area contributed by atoms with Crippen molar-refractivity contribution in [1.82, 2.24) is 5.32 Å². The number of carbonyl (C=O) groups is 1. The minimum absolute atomic E-state index is 0.0552. The molecule has 1 rings (SSSR count). The Morgan fingerprint density at radius 3 is 2.61 bits per heavy atom. The molecule has 0 spiro atoms. The van der Waals surface area contributed by atoms with Gasteiger partial charge < -0.3 is 10.6 Å². The molecule has 0 aliphatic rings. The first-order chi connectivity index (χ1) is 8.45. The average Bonchev–Trinajstić information content (AvgIpc) is 2.34. The summed E-state index contributed by atoms with van der Waals surface area (Å²) < 4.78 is 0. The molecule has 0 radical (unpaired) electrons. The topological polar surface area (TPSA) is 41.1 Å². The van der Waals surface area contributed by atoms with Gasteiger partial charge in [0, 0.05) is 6.04 Å². The quantitative estimate of drug-likeness (QED) is 0.867. The first kappa shape index (κ1) is 15.1. The van der Waals surface area contributed by atoms with Crippen LogP contribution in [-0.2, 0) is 4.79 Å². The number of amides is 1. The van der Waals surface area contributed by atoms with Crippen molar-refractivity contribution < 1.29 is 4.79 Å². The minimum atomic E-state index is -0.366. The van der Waals surface area contributed by atoms with Gasteiger partial charge in [-0.05, 0) is 32.4 Å². The third-order valence-corrected chi connectivity index (χ3v) is 3.54. The number of rotatable bonds is 5. The number of benzene rings is 1. The fourth-order valence-electron chi connectivity index (χ4n) is 1.38. The lowest BCUT2D eigenvalue weighted by Crippen LogP contribution is -2.41. The largest absolute Gasteiger partial charge is 0.373 e. The minimum Gasteiger partial charge on any atom is -0.373 e. The summed E-state index contributed by atoms with van der Waals surface area (Å²) in [7, 11) is 0. The van der Waals surface area contributed by atoms with Crippen LogP contribution >= 0.6 is 23.2 Å². The van der Waals surface area contributed by atoms with E-state index in [4.69, 9.17) is 23.2 Å². The molecule has 1 aromatic carbocycles. The van der Waals surface area contributed by atoms with Crippen LogP contribution < -0.4 is 10.6 Å². The van der Waals surface area contributed by atoms with Gasteiger partial charge in [-0.15, -0.1) is 0 Å². The zero-order valence-corrected chi connectivity index (χ0v) is 12.3. The van der Waals surface area contributed by atoms with E-state index in [1.807, 2.05) is 13.8 Å². The standard InChI is InChI=1S/C13H18Cl2N2O/c1-4-8(2)16-13(18)9(3)17-11-7-5-6-10(14)12(11)15/h5-9,17H,4H2,1-3H3,(H,16,18). The Labute approximate surface area is 118 Å². The summed E-state index contributed by atoms with van der Waals surface area (Å²) in [5.74, 6) is -0.0552. The molecule has 0 fully saturated rings. The van der Waals surface area contributed by atoms with Crippen LogP contribution in [0.25, 0.3) is 0 Å². The summed E-state index contributed by atoms with van der Waals surface area (Å²) in [6.45, 7) is 5.78. The maximum atomic E-state index is 11.9. The van der Waals surface area contributed by atoms with Gasteiger partial charge >= 0.3 is 0 Å². The Bertz CT molecular complexity index is 423. The van der Waals surface area contributed by atoms with E-state index in [2.05, 4.69) is 10.6 Å². The summed E-state index contributed by atoms with van der Waals surface area (Å²) in [5.41, 5.74) is 0.663. The first-order valence-corrected chi connectivity index (χ1v) is 6.72. The molecule has 1 aromatic rings. The average molecular weight is 289 g/mol. The summed E-state index contributed by atoms with van der Waals surface area (Å²) >= 11 is 12.0. The van der Waals surface area contributed by atoms with Crippen LogP contribution in [0, 0.1) is 0 Å². The van der Waals surface area contributed by atoms with Crippen molar-refractivity contribution in [3.8, 4) is 0 Å². The molecule has 0 heterocycles. The molecular formula is C13H18Cl2N2O. The van der Waals surface area contributed by atoms with E-state index in [0.29, 0.717) is 15.7 Å². The summed E-state index contributed by atoms with van der Waals surface area (Å²) in [6.07, 6.45) is 0.899. The van der Waals surface area contributed by atoms with Crippen LogP contribution in [0.5, 0.6) is 0 Å². The number of halogens is 2. The molecule has 0 aliphatic heterocycles. The second-order valence-corrected chi connectivity index (χ2v) is 5.07. The molecule has 18 heavy (non-hydrogen) atoms. The zero-order valence-electron chi connectivity index (χ0n) is 10.8. The fraction of sp³-hybridized carbons (Fsp3) is 0.462. The van der Waals surface area contributed by atoms with Crippen molar-refractivity contribution in [2.75, 3.05) is 5.32 Å². The molecule has 0 aliphatic carbocycles. The van der Waals surface area contributed by atoms with E-state index >= 15 is 0 Å². The fourth-order valence-corrected chi connectivity index (χ4v) is 1.74. The molecule has 0 aromatic heterocycles. The van der Waals surface area contributed by atoms with E-state index < -0.39 is 0 Å². The normalized spacial score (nSPS) is 13.8. The van der Waals surface area contributed by atoms with Gasteiger partial charge in [0.25, 0.3) is 0 Å². The molecule has 1 amide bonds. The van der Waals surface area contributed by atoms with Gasteiger partial charge in [0.05, 0.1) is 15.7 Å². The van der Waals surface area contributed by atoms with Crippen LogP contribution in [0.1, 0.15) is 27.2 Å². The number of hydrogen-bond acceptors (Lipinski definition) is 2. The van der Waals surface area contributed by atoms with Gasteiger partial charge in [0.1, 0.15) is 6.04 Å². The smallest absolute Gasteiger partial charge is 0.242 e. The Balaban J connectivity index is 2.67. The second-order valence-electron chi connectivity index (χ2n) is 4.29. The van der Waals surface area contributed by atoms with Gasteiger partial charge in [-0.2, -0.15) is 0 Å². The Hall–Kier alpha value is -0.930. The predicted octanol–water partition coefficient (Wildman–Crippen LogP) is 3.71. The van der Waals surface area contributed by atoms with E-state index in [1.54, 1.807) is 25.1 Å². The third kappa shape index (κ3) is 4.07. The SMILES string of the molecule is CCC(C)NC(=O)C(C)Nc1cccc(Cl)c1Cl. The van der Waals surface area contributed by atoms with Crippen LogP contribution in [0.4, 0.5) is 5.69 Å². The monoisotopic (exact) mass is 288 g/mol. The molecule has 0 saturated carbocycles. The molecule has 2 atom stereocenters. The molecule has 3 nitrogen and oxygen atoms in total. The van der Waals surface area contributed by atoms with Crippen molar-refractivity contribution in [3.05, 3.63) is 28.2 Å². The van der Waals surface area contributed by atoms with Crippen molar-refractivity contribution in [2.24, 2.45) is 0 Å². The highest BCUT2D eigenvalue weighted by atomic mass is 35.5. The number of nitrogens with one attached hydrogen (secondary N) is 2. The van der Waals surface area contributed by atoms with E-state index in [-0.39, 0.29) is 18.0 Å². The Morgan fingerprint density at radius 2 is 2.00 bits per heavy atom.